The molecule has 1 amide bonds. The summed E-state index contributed by atoms with van der Waals surface area (Å²) in [6, 6.07) is 12.8. The van der Waals surface area contributed by atoms with E-state index in [1.54, 1.807) is 24.4 Å². The molecule has 3 aromatic rings. The number of carbonyl (C=O) groups excluding carboxylic acids is 1. The highest BCUT2D eigenvalue weighted by Gasteiger charge is 2.36. The van der Waals surface area contributed by atoms with Crippen molar-refractivity contribution < 1.29 is 14.2 Å². The number of aromatic nitrogens is 2. The Bertz CT molecular complexity index is 1230. The summed E-state index contributed by atoms with van der Waals surface area (Å²) >= 11 is 6.27. The van der Waals surface area contributed by atoms with Gasteiger partial charge in [-0.05, 0) is 59.9 Å². The highest BCUT2D eigenvalue weighted by Crippen LogP contribution is 2.39. The van der Waals surface area contributed by atoms with Crippen molar-refractivity contribution in [3.63, 3.8) is 0 Å². The molecular formula is C25H22ClN3O3. The number of likely N-dealkylation sites (tertiary alicyclic amines) is 1. The second kappa shape index (κ2) is 8.13. The van der Waals surface area contributed by atoms with E-state index in [1.807, 2.05) is 24.3 Å². The van der Waals surface area contributed by atoms with Crippen molar-refractivity contribution in [2.75, 3.05) is 13.1 Å². The number of rotatable bonds is 1. The molecule has 3 heterocycles. The Morgan fingerprint density at radius 2 is 1.81 bits per heavy atom. The van der Waals surface area contributed by atoms with Gasteiger partial charge in [-0.15, -0.1) is 0 Å². The lowest BCUT2D eigenvalue weighted by atomic mass is 9.88. The van der Waals surface area contributed by atoms with Crippen molar-refractivity contribution in [1.29, 1.82) is 0 Å². The summed E-state index contributed by atoms with van der Waals surface area (Å²) in [6.45, 7) is 0.271. The fraction of sp³-hybridized carbons (Fsp3) is 0.240. The van der Waals surface area contributed by atoms with Crippen LogP contribution in [0.25, 0.3) is 5.57 Å². The SMILES string of the molecule is O=C(c1cccnc1)[N+]1([O-])CCC(=C2c3ccc(Cl)cc3CCc3ccc[n+]([O-])c32)CC1. The zero-order valence-electron chi connectivity index (χ0n) is 17.5. The van der Waals surface area contributed by atoms with E-state index in [1.165, 1.54) is 12.4 Å². The number of pyridine rings is 2. The van der Waals surface area contributed by atoms with Gasteiger partial charge in [0, 0.05) is 41.9 Å². The van der Waals surface area contributed by atoms with Gasteiger partial charge in [0.05, 0.1) is 24.2 Å². The third-order valence-electron chi connectivity index (χ3n) is 6.46. The van der Waals surface area contributed by atoms with Crippen molar-refractivity contribution >= 4 is 23.1 Å². The number of halogens is 1. The number of piperidine rings is 1. The summed E-state index contributed by atoms with van der Waals surface area (Å²) in [4.78, 5) is 16.9. The Morgan fingerprint density at radius 3 is 2.56 bits per heavy atom. The molecule has 2 aromatic heterocycles. The van der Waals surface area contributed by atoms with Crippen molar-refractivity contribution in [2.45, 2.75) is 25.7 Å². The normalized spacial score (nSPS) is 20.3. The fourth-order valence-corrected chi connectivity index (χ4v) is 5.01. The highest BCUT2D eigenvalue weighted by molar-refractivity contribution is 6.30. The molecule has 0 unspecified atom stereocenters. The summed E-state index contributed by atoms with van der Waals surface area (Å²) < 4.78 is 0.0189. The quantitative estimate of drug-likeness (QED) is 0.318. The molecule has 1 aliphatic heterocycles. The summed E-state index contributed by atoms with van der Waals surface area (Å²) in [5, 5.41) is 26.9. The standard InChI is InChI=1S/C25H22ClN3O3/c26-21-7-8-22-19(15-21)6-5-18-4-2-12-28(31)24(18)23(22)17-9-13-29(32,14-10-17)25(30)20-3-1-11-27-16-20/h1-4,7-8,11-12,15-16H,5-6,9-10,13-14H2. The summed E-state index contributed by atoms with van der Waals surface area (Å²) in [5.74, 6) is -0.463. The first-order chi connectivity index (χ1) is 15.5. The van der Waals surface area contributed by atoms with Crippen LogP contribution in [0, 0.1) is 10.4 Å². The Hall–Kier alpha value is -3.06. The number of hydrogen-bond donors (Lipinski definition) is 0. The van der Waals surface area contributed by atoms with Gasteiger partial charge in [-0.25, -0.2) is 4.79 Å². The third kappa shape index (κ3) is 3.60. The van der Waals surface area contributed by atoms with E-state index in [2.05, 4.69) is 4.98 Å². The molecule has 32 heavy (non-hydrogen) atoms. The van der Waals surface area contributed by atoms with Gasteiger partial charge in [0.1, 0.15) is 0 Å². The molecule has 1 aliphatic carbocycles. The van der Waals surface area contributed by atoms with Gasteiger partial charge < -0.3 is 10.4 Å². The monoisotopic (exact) mass is 447 g/mol. The Labute approximate surface area is 191 Å². The van der Waals surface area contributed by atoms with Crippen LogP contribution in [0.1, 0.15) is 45.6 Å². The molecule has 1 aromatic carbocycles. The maximum atomic E-state index is 13.4. The van der Waals surface area contributed by atoms with E-state index in [4.69, 9.17) is 11.6 Å². The zero-order chi connectivity index (χ0) is 22.3. The number of amides is 1. The lowest BCUT2D eigenvalue weighted by Crippen LogP contribution is -2.51. The topological polar surface area (TPSA) is 80.0 Å². The molecule has 7 heteroatoms. The first kappa shape index (κ1) is 20.8. The second-order valence-electron chi connectivity index (χ2n) is 8.37. The van der Waals surface area contributed by atoms with Crippen molar-refractivity contribution in [3.8, 4) is 0 Å². The molecule has 162 valence electrons. The van der Waals surface area contributed by atoms with Gasteiger partial charge in [-0.3, -0.25) is 9.63 Å². The van der Waals surface area contributed by atoms with E-state index >= 15 is 0 Å². The van der Waals surface area contributed by atoms with E-state index in [0.29, 0.717) is 29.1 Å². The average Bonchev–Trinajstić information content (AvgIpc) is 2.97. The van der Waals surface area contributed by atoms with Crippen LogP contribution in [0.3, 0.4) is 0 Å². The molecule has 1 fully saturated rings. The van der Waals surface area contributed by atoms with Crippen molar-refractivity contribution in [3.05, 3.63) is 110 Å². The summed E-state index contributed by atoms with van der Waals surface area (Å²) in [6.07, 6.45) is 6.95. The first-order valence-electron chi connectivity index (χ1n) is 10.7. The van der Waals surface area contributed by atoms with E-state index in [9.17, 15) is 15.2 Å². The third-order valence-corrected chi connectivity index (χ3v) is 6.70. The Kier molecular flexibility index (Phi) is 5.29. The lowest BCUT2D eigenvalue weighted by molar-refractivity contribution is -0.801. The predicted octanol–water partition coefficient (Wildman–Crippen LogP) is 4.22. The number of carbonyl (C=O) groups is 1. The van der Waals surface area contributed by atoms with Gasteiger partial charge in [-0.2, -0.15) is 4.73 Å². The molecular weight excluding hydrogens is 426 g/mol. The van der Waals surface area contributed by atoms with E-state index < -0.39 is 10.6 Å². The molecule has 0 N–H and O–H groups in total. The zero-order valence-corrected chi connectivity index (χ0v) is 18.2. The first-order valence-corrected chi connectivity index (χ1v) is 11.1. The maximum absolute atomic E-state index is 13.4. The summed E-state index contributed by atoms with van der Waals surface area (Å²) in [7, 11) is 0. The molecule has 0 atom stereocenters. The molecule has 1 saturated heterocycles. The van der Waals surface area contributed by atoms with E-state index in [0.717, 1.165) is 45.4 Å². The molecule has 0 saturated carbocycles. The molecule has 2 aliphatic rings. The van der Waals surface area contributed by atoms with Crippen LogP contribution in [-0.2, 0) is 12.8 Å². The number of quaternary nitrogens is 1. The number of aryl methyl sites for hydroxylation is 2. The minimum Gasteiger partial charge on any atom is -0.625 e. The van der Waals surface area contributed by atoms with Gasteiger partial charge in [0.25, 0.3) is 0 Å². The molecule has 6 nitrogen and oxygen atoms in total. The van der Waals surface area contributed by atoms with Crippen LogP contribution in [0.4, 0.5) is 0 Å². The minimum absolute atomic E-state index is 0.135. The molecule has 5 rings (SSSR count). The second-order valence-corrected chi connectivity index (χ2v) is 8.81. The van der Waals surface area contributed by atoms with Gasteiger partial charge in [-0.1, -0.05) is 17.7 Å². The average molecular weight is 448 g/mol. The number of fused-ring (bicyclic) bond motifs is 2. The number of hydrogen-bond acceptors (Lipinski definition) is 4. The molecule has 0 bridgehead atoms. The Morgan fingerprint density at radius 1 is 1.03 bits per heavy atom. The van der Waals surface area contributed by atoms with Gasteiger partial charge >= 0.3 is 5.91 Å². The molecule has 0 radical (unpaired) electrons. The predicted molar refractivity (Wildman–Crippen MR) is 121 cm³/mol. The summed E-state index contributed by atoms with van der Waals surface area (Å²) in [5.41, 5.74) is 5.97. The minimum atomic E-state index is -0.908. The lowest BCUT2D eigenvalue weighted by Gasteiger charge is -2.43. The van der Waals surface area contributed by atoms with Crippen LogP contribution in [0.5, 0.6) is 0 Å². The van der Waals surface area contributed by atoms with Crippen LogP contribution in [0.15, 0.2) is 66.6 Å². The largest absolute Gasteiger partial charge is 0.625 e. The van der Waals surface area contributed by atoms with Crippen LogP contribution in [0.2, 0.25) is 5.02 Å². The van der Waals surface area contributed by atoms with Crippen molar-refractivity contribution in [1.82, 2.24) is 4.98 Å². The Balaban J connectivity index is 1.58. The fourth-order valence-electron chi connectivity index (χ4n) is 4.82. The number of nitrogens with zero attached hydrogens (tertiary/aromatic N) is 3. The van der Waals surface area contributed by atoms with E-state index in [-0.39, 0.29) is 13.1 Å². The maximum Gasteiger partial charge on any atom is 0.347 e. The van der Waals surface area contributed by atoms with Crippen LogP contribution in [-0.4, -0.2) is 28.6 Å². The number of benzene rings is 1. The van der Waals surface area contributed by atoms with Gasteiger partial charge in [0.2, 0.25) is 5.69 Å². The molecule has 0 spiro atoms. The van der Waals surface area contributed by atoms with Crippen LogP contribution >= 0.6 is 11.6 Å². The van der Waals surface area contributed by atoms with Crippen molar-refractivity contribution in [2.24, 2.45) is 0 Å². The number of hydroxylamine groups is 3. The highest BCUT2D eigenvalue weighted by atomic mass is 35.5. The van der Waals surface area contributed by atoms with Crippen LogP contribution < -0.4 is 4.73 Å². The van der Waals surface area contributed by atoms with Gasteiger partial charge in [0.15, 0.2) is 6.20 Å². The smallest absolute Gasteiger partial charge is 0.347 e.